The highest BCUT2D eigenvalue weighted by atomic mass is 16.5. The van der Waals surface area contributed by atoms with Crippen LogP contribution in [0, 0.1) is 5.92 Å². The number of fused-ring (bicyclic) bond motifs is 1. The predicted molar refractivity (Wildman–Crippen MR) is 78.5 cm³/mol. The molecule has 0 saturated carbocycles. The number of Topliss-reactive ketones (excluding diaryl/α,β-unsaturated/α-hetero) is 1. The van der Waals surface area contributed by atoms with Gasteiger partial charge in [0.25, 0.3) is 0 Å². The molecule has 104 valence electrons. The Kier molecular flexibility index (Phi) is 4.51. The van der Waals surface area contributed by atoms with E-state index in [1.54, 1.807) is 13.8 Å². The van der Waals surface area contributed by atoms with E-state index in [1.165, 1.54) is 0 Å². The zero-order valence-corrected chi connectivity index (χ0v) is 11.8. The Morgan fingerprint density at radius 1 is 1.10 bits per heavy atom. The third-order valence-corrected chi connectivity index (χ3v) is 3.32. The van der Waals surface area contributed by atoms with Gasteiger partial charge in [-0.25, -0.2) is 0 Å². The number of benzene rings is 2. The van der Waals surface area contributed by atoms with Gasteiger partial charge in [-0.3, -0.25) is 9.59 Å². The highest BCUT2D eigenvalue weighted by Crippen LogP contribution is 2.17. The molecule has 1 atom stereocenters. The topological polar surface area (TPSA) is 43.4 Å². The molecule has 2 rings (SSSR count). The van der Waals surface area contributed by atoms with Crippen LogP contribution >= 0.6 is 0 Å². The fourth-order valence-corrected chi connectivity index (χ4v) is 2.10. The number of esters is 1. The van der Waals surface area contributed by atoms with Gasteiger partial charge in [-0.15, -0.1) is 0 Å². The summed E-state index contributed by atoms with van der Waals surface area (Å²) in [6, 6.07) is 13.9. The quantitative estimate of drug-likeness (QED) is 0.619. The van der Waals surface area contributed by atoms with Gasteiger partial charge in [0.15, 0.2) is 5.78 Å². The summed E-state index contributed by atoms with van der Waals surface area (Å²) in [5.74, 6) is -1.27. The van der Waals surface area contributed by atoms with Crippen molar-refractivity contribution in [1.29, 1.82) is 0 Å². The van der Waals surface area contributed by atoms with Gasteiger partial charge in [-0.1, -0.05) is 42.5 Å². The number of carbonyl (C=O) groups excluding carboxylic acids is 2. The van der Waals surface area contributed by atoms with E-state index >= 15 is 0 Å². The molecule has 2 aromatic carbocycles. The fraction of sp³-hybridized carbons (Fsp3) is 0.294. The van der Waals surface area contributed by atoms with Crippen LogP contribution in [0.5, 0.6) is 0 Å². The second-order valence-corrected chi connectivity index (χ2v) is 4.80. The smallest absolute Gasteiger partial charge is 0.316 e. The number of rotatable bonds is 5. The minimum atomic E-state index is -0.707. The van der Waals surface area contributed by atoms with E-state index in [0.29, 0.717) is 6.61 Å². The average Bonchev–Trinajstić information content (AvgIpc) is 2.46. The lowest BCUT2D eigenvalue weighted by Gasteiger charge is -2.10. The molecule has 0 spiro atoms. The van der Waals surface area contributed by atoms with E-state index in [1.807, 2.05) is 42.5 Å². The van der Waals surface area contributed by atoms with Crippen LogP contribution in [0.3, 0.4) is 0 Å². The Morgan fingerprint density at radius 2 is 1.80 bits per heavy atom. The SMILES string of the molecule is CCOC(=O)C(C)C(=O)Cc1ccc2ccccc2c1. The fourth-order valence-electron chi connectivity index (χ4n) is 2.10. The number of hydrogen-bond acceptors (Lipinski definition) is 3. The van der Waals surface area contributed by atoms with Crippen LogP contribution in [0.15, 0.2) is 42.5 Å². The summed E-state index contributed by atoms with van der Waals surface area (Å²) in [4.78, 5) is 23.6. The molecule has 20 heavy (non-hydrogen) atoms. The standard InChI is InChI=1S/C17H18O3/c1-3-20-17(19)12(2)16(18)11-13-8-9-14-6-4-5-7-15(14)10-13/h4-10,12H,3,11H2,1-2H3. The maximum absolute atomic E-state index is 12.1. The van der Waals surface area contributed by atoms with Gasteiger partial charge < -0.3 is 4.74 Å². The first-order valence-corrected chi connectivity index (χ1v) is 6.79. The Labute approximate surface area is 118 Å². The monoisotopic (exact) mass is 270 g/mol. The largest absolute Gasteiger partial charge is 0.465 e. The normalized spacial score (nSPS) is 12.1. The number of hydrogen-bond donors (Lipinski definition) is 0. The van der Waals surface area contributed by atoms with Gasteiger partial charge in [0.2, 0.25) is 0 Å². The third-order valence-electron chi connectivity index (χ3n) is 3.32. The molecule has 0 heterocycles. The second-order valence-electron chi connectivity index (χ2n) is 4.80. The van der Waals surface area contributed by atoms with Crippen LogP contribution in [0.4, 0.5) is 0 Å². The molecule has 0 N–H and O–H groups in total. The maximum Gasteiger partial charge on any atom is 0.316 e. The maximum atomic E-state index is 12.1. The van der Waals surface area contributed by atoms with Gasteiger partial charge in [0.05, 0.1) is 6.61 Å². The van der Waals surface area contributed by atoms with Gasteiger partial charge in [0.1, 0.15) is 5.92 Å². The molecule has 0 aliphatic heterocycles. The molecule has 0 bridgehead atoms. The summed E-state index contributed by atoms with van der Waals surface area (Å²) in [6.45, 7) is 3.63. The highest BCUT2D eigenvalue weighted by Gasteiger charge is 2.22. The van der Waals surface area contributed by atoms with E-state index in [2.05, 4.69) is 0 Å². The van der Waals surface area contributed by atoms with Crippen molar-refractivity contribution in [3.63, 3.8) is 0 Å². The number of ether oxygens (including phenoxy) is 1. The molecular formula is C17H18O3. The lowest BCUT2D eigenvalue weighted by atomic mass is 9.98. The summed E-state index contributed by atoms with van der Waals surface area (Å²) in [5, 5.41) is 2.24. The zero-order chi connectivity index (χ0) is 14.5. The Hall–Kier alpha value is -2.16. The van der Waals surface area contributed by atoms with E-state index in [9.17, 15) is 9.59 Å². The van der Waals surface area contributed by atoms with Crippen LogP contribution in [0.1, 0.15) is 19.4 Å². The highest BCUT2D eigenvalue weighted by molar-refractivity contribution is 5.99. The number of carbonyl (C=O) groups is 2. The predicted octanol–water partition coefficient (Wildman–Crippen LogP) is 3.15. The third kappa shape index (κ3) is 3.23. The van der Waals surface area contributed by atoms with Crippen molar-refractivity contribution in [2.45, 2.75) is 20.3 Å². The van der Waals surface area contributed by atoms with Crippen LogP contribution in [-0.4, -0.2) is 18.4 Å². The molecule has 0 aliphatic carbocycles. The summed E-state index contributed by atoms with van der Waals surface area (Å²) < 4.78 is 4.87. The van der Waals surface area contributed by atoms with E-state index < -0.39 is 11.9 Å². The van der Waals surface area contributed by atoms with Gasteiger partial charge in [-0.2, -0.15) is 0 Å². The lowest BCUT2D eigenvalue weighted by molar-refractivity contribution is -0.150. The Morgan fingerprint density at radius 3 is 2.50 bits per heavy atom. The Balaban J connectivity index is 2.11. The second kappa shape index (κ2) is 6.33. The minimum absolute atomic E-state index is 0.112. The molecular weight excluding hydrogens is 252 g/mol. The Bertz CT molecular complexity index is 631. The van der Waals surface area contributed by atoms with Crippen molar-refractivity contribution in [1.82, 2.24) is 0 Å². The molecule has 3 nitrogen and oxygen atoms in total. The molecule has 2 aromatic rings. The molecule has 1 unspecified atom stereocenters. The van der Waals surface area contributed by atoms with Gasteiger partial charge in [-0.05, 0) is 30.2 Å². The summed E-state index contributed by atoms with van der Waals surface area (Å²) >= 11 is 0. The van der Waals surface area contributed by atoms with E-state index in [-0.39, 0.29) is 12.2 Å². The molecule has 0 aliphatic rings. The van der Waals surface area contributed by atoms with E-state index in [4.69, 9.17) is 4.74 Å². The van der Waals surface area contributed by atoms with Crippen molar-refractivity contribution >= 4 is 22.5 Å². The molecule has 0 aromatic heterocycles. The van der Waals surface area contributed by atoms with Crippen LogP contribution in [0.25, 0.3) is 10.8 Å². The summed E-state index contributed by atoms with van der Waals surface area (Å²) in [5.41, 5.74) is 0.921. The first-order chi connectivity index (χ1) is 9.61. The molecule has 0 radical (unpaired) electrons. The van der Waals surface area contributed by atoms with Gasteiger partial charge >= 0.3 is 5.97 Å². The van der Waals surface area contributed by atoms with Crippen LogP contribution in [0.2, 0.25) is 0 Å². The molecule has 0 fully saturated rings. The van der Waals surface area contributed by atoms with Crippen molar-refractivity contribution in [2.24, 2.45) is 5.92 Å². The van der Waals surface area contributed by atoms with Crippen molar-refractivity contribution in [2.75, 3.05) is 6.61 Å². The van der Waals surface area contributed by atoms with Gasteiger partial charge in [0, 0.05) is 6.42 Å². The van der Waals surface area contributed by atoms with Crippen molar-refractivity contribution < 1.29 is 14.3 Å². The van der Waals surface area contributed by atoms with Crippen LogP contribution in [-0.2, 0) is 20.7 Å². The van der Waals surface area contributed by atoms with E-state index in [0.717, 1.165) is 16.3 Å². The first-order valence-electron chi connectivity index (χ1n) is 6.79. The minimum Gasteiger partial charge on any atom is -0.465 e. The molecule has 0 amide bonds. The zero-order valence-electron chi connectivity index (χ0n) is 11.8. The summed E-state index contributed by atoms with van der Waals surface area (Å²) in [6.07, 6.45) is 0.255. The number of ketones is 1. The lowest BCUT2D eigenvalue weighted by Crippen LogP contribution is -2.24. The van der Waals surface area contributed by atoms with Crippen molar-refractivity contribution in [3.05, 3.63) is 48.0 Å². The molecule has 0 saturated heterocycles. The average molecular weight is 270 g/mol. The first kappa shape index (κ1) is 14.3. The van der Waals surface area contributed by atoms with Crippen molar-refractivity contribution in [3.8, 4) is 0 Å². The van der Waals surface area contributed by atoms with Crippen LogP contribution < -0.4 is 0 Å². The summed E-state index contributed by atoms with van der Waals surface area (Å²) in [7, 11) is 0. The molecule has 3 heteroatoms.